The number of nitrogens with two attached hydrogens (primary N) is 1. The van der Waals surface area contributed by atoms with Crippen LogP contribution in [0.5, 0.6) is 0 Å². The number of rotatable bonds is 2. The molecule has 72 valence electrons. The highest BCUT2D eigenvalue weighted by molar-refractivity contribution is 7.04. The number of carbonyl (C=O) groups is 1. The van der Waals surface area contributed by atoms with E-state index >= 15 is 0 Å². The predicted octanol–water partition coefficient (Wildman–Crippen LogP) is 1.38. The molecule has 3 N–H and O–H groups in total. The number of benzene rings is 1. The van der Waals surface area contributed by atoms with E-state index in [1.54, 1.807) is 12.1 Å². The van der Waals surface area contributed by atoms with Gasteiger partial charge in [0.2, 0.25) is 0 Å². The van der Waals surface area contributed by atoms with Gasteiger partial charge in [-0.05, 0) is 23.2 Å². The fraction of sp³-hybridized carbons (Fsp3) is 0.111. The molecule has 1 unspecified atom stereocenters. The van der Waals surface area contributed by atoms with Gasteiger partial charge in [-0.25, -0.2) is 0 Å². The van der Waals surface area contributed by atoms with Crippen LogP contribution in [0.25, 0.3) is 10.9 Å². The topological polar surface area (TPSA) is 76.2 Å². The lowest BCUT2D eigenvalue weighted by molar-refractivity contribution is -0.138. The summed E-state index contributed by atoms with van der Waals surface area (Å²) in [5, 5.41) is 11.6. The van der Waals surface area contributed by atoms with E-state index in [9.17, 15) is 4.79 Å². The maximum Gasteiger partial charge on any atom is 0.325 e. The Morgan fingerprint density at radius 3 is 3.07 bits per heavy atom. The minimum absolute atomic E-state index is 0.580. The van der Waals surface area contributed by atoms with E-state index in [1.807, 2.05) is 11.4 Å². The van der Waals surface area contributed by atoms with Crippen LogP contribution in [0.1, 0.15) is 11.6 Å². The van der Waals surface area contributed by atoms with Crippen molar-refractivity contribution in [2.75, 3.05) is 0 Å². The van der Waals surface area contributed by atoms with Gasteiger partial charge in [-0.2, -0.15) is 4.37 Å². The molecule has 0 saturated carbocycles. The van der Waals surface area contributed by atoms with Crippen LogP contribution in [-0.4, -0.2) is 15.4 Å². The second-order valence-electron chi connectivity index (χ2n) is 2.95. The van der Waals surface area contributed by atoms with Crippen molar-refractivity contribution in [3.8, 4) is 0 Å². The molecule has 14 heavy (non-hydrogen) atoms. The molecule has 1 aromatic heterocycles. The van der Waals surface area contributed by atoms with Gasteiger partial charge in [0.1, 0.15) is 6.04 Å². The molecule has 0 spiro atoms. The van der Waals surface area contributed by atoms with Gasteiger partial charge in [0.15, 0.2) is 0 Å². The fourth-order valence-corrected chi connectivity index (χ4v) is 1.85. The molecule has 4 nitrogen and oxygen atoms in total. The Kier molecular flexibility index (Phi) is 2.18. The Hall–Kier alpha value is -1.46. The van der Waals surface area contributed by atoms with Crippen molar-refractivity contribution in [1.82, 2.24) is 4.37 Å². The zero-order valence-corrected chi connectivity index (χ0v) is 7.99. The summed E-state index contributed by atoms with van der Waals surface area (Å²) in [5.74, 6) is -1.03. The van der Waals surface area contributed by atoms with E-state index in [1.165, 1.54) is 11.5 Å². The average molecular weight is 208 g/mol. The first kappa shape index (κ1) is 9.11. The number of carboxylic acids is 1. The van der Waals surface area contributed by atoms with Crippen LogP contribution in [-0.2, 0) is 4.79 Å². The number of fused-ring (bicyclic) bond motifs is 1. The average Bonchev–Trinajstić information content (AvgIpc) is 2.62. The van der Waals surface area contributed by atoms with Gasteiger partial charge in [0.25, 0.3) is 0 Å². The highest BCUT2D eigenvalue weighted by Crippen LogP contribution is 2.19. The molecule has 2 aromatic rings. The van der Waals surface area contributed by atoms with Crippen molar-refractivity contribution >= 4 is 28.4 Å². The molecular formula is C9H8N2O2S. The summed E-state index contributed by atoms with van der Waals surface area (Å²) in [6.07, 6.45) is 0. The normalized spacial score (nSPS) is 12.9. The Labute approximate surface area is 84.1 Å². The van der Waals surface area contributed by atoms with Gasteiger partial charge in [0.05, 0.1) is 5.52 Å². The van der Waals surface area contributed by atoms with Crippen LogP contribution >= 0.6 is 11.5 Å². The zero-order chi connectivity index (χ0) is 10.1. The van der Waals surface area contributed by atoms with E-state index in [0.717, 1.165) is 10.9 Å². The third-order valence-corrected chi connectivity index (χ3v) is 2.67. The molecule has 0 saturated heterocycles. The predicted molar refractivity (Wildman–Crippen MR) is 54.2 cm³/mol. The van der Waals surface area contributed by atoms with Crippen molar-refractivity contribution in [3.63, 3.8) is 0 Å². The van der Waals surface area contributed by atoms with Crippen LogP contribution in [0.3, 0.4) is 0 Å². The third-order valence-electron chi connectivity index (χ3n) is 2.01. The first-order valence-corrected chi connectivity index (χ1v) is 4.84. The van der Waals surface area contributed by atoms with Gasteiger partial charge >= 0.3 is 5.97 Å². The molecule has 0 aliphatic carbocycles. The molecule has 0 aliphatic heterocycles. The minimum atomic E-state index is -1.03. The first-order valence-electron chi connectivity index (χ1n) is 4.01. The number of hydrogen-bond acceptors (Lipinski definition) is 4. The molecule has 0 radical (unpaired) electrons. The van der Waals surface area contributed by atoms with E-state index in [2.05, 4.69) is 4.37 Å². The Morgan fingerprint density at radius 1 is 1.57 bits per heavy atom. The SMILES string of the molecule is NC(C(=O)O)c1ccc2csnc2c1. The van der Waals surface area contributed by atoms with Crippen molar-refractivity contribution in [1.29, 1.82) is 0 Å². The summed E-state index contributed by atoms with van der Waals surface area (Å²) in [7, 11) is 0. The number of nitrogens with zero attached hydrogens (tertiary/aromatic N) is 1. The largest absolute Gasteiger partial charge is 0.480 e. The summed E-state index contributed by atoms with van der Waals surface area (Å²) >= 11 is 1.34. The lowest BCUT2D eigenvalue weighted by Gasteiger charge is -2.05. The van der Waals surface area contributed by atoms with E-state index in [0.29, 0.717) is 5.56 Å². The number of hydrogen-bond donors (Lipinski definition) is 2. The highest BCUT2D eigenvalue weighted by atomic mass is 32.1. The Morgan fingerprint density at radius 2 is 2.36 bits per heavy atom. The maximum atomic E-state index is 10.6. The molecule has 1 aromatic carbocycles. The summed E-state index contributed by atoms with van der Waals surface area (Å²) in [6.45, 7) is 0. The first-order chi connectivity index (χ1) is 6.68. The molecule has 0 amide bonds. The van der Waals surface area contributed by atoms with Gasteiger partial charge in [0, 0.05) is 10.8 Å². The van der Waals surface area contributed by atoms with Gasteiger partial charge in [-0.15, -0.1) is 0 Å². The van der Waals surface area contributed by atoms with Crippen molar-refractivity contribution in [2.24, 2.45) is 5.73 Å². The van der Waals surface area contributed by atoms with Gasteiger partial charge in [-0.1, -0.05) is 12.1 Å². The zero-order valence-electron chi connectivity index (χ0n) is 7.18. The molecule has 2 rings (SSSR count). The quantitative estimate of drug-likeness (QED) is 0.781. The molecule has 5 heteroatoms. The van der Waals surface area contributed by atoms with Gasteiger partial charge < -0.3 is 10.8 Å². The second kappa shape index (κ2) is 3.36. The minimum Gasteiger partial charge on any atom is -0.480 e. The summed E-state index contributed by atoms with van der Waals surface area (Å²) < 4.78 is 4.11. The lowest BCUT2D eigenvalue weighted by atomic mass is 10.1. The number of aliphatic carboxylic acids is 1. The van der Waals surface area contributed by atoms with Crippen LogP contribution in [0, 0.1) is 0 Å². The highest BCUT2D eigenvalue weighted by Gasteiger charge is 2.14. The van der Waals surface area contributed by atoms with Crippen LogP contribution in [0.4, 0.5) is 0 Å². The fourth-order valence-electron chi connectivity index (χ4n) is 1.22. The van der Waals surface area contributed by atoms with E-state index in [4.69, 9.17) is 10.8 Å². The van der Waals surface area contributed by atoms with Crippen molar-refractivity contribution < 1.29 is 9.90 Å². The third kappa shape index (κ3) is 1.47. The molecular weight excluding hydrogens is 200 g/mol. The summed E-state index contributed by atoms with van der Waals surface area (Å²) in [6, 6.07) is 4.29. The number of aromatic nitrogens is 1. The van der Waals surface area contributed by atoms with Crippen LogP contribution < -0.4 is 5.73 Å². The molecule has 0 bridgehead atoms. The monoisotopic (exact) mass is 208 g/mol. The van der Waals surface area contributed by atoms with E-state index < -0.39 is 12.0 Å². The molecule has 0 aliphatic rings. The van der Waals surface area contributed by atoms with Gasteiger partial charge in [-0.3, -0.25) is 4.79 Å². The summed E-state index contributed by atoms with van der Waals surface area (Å²) in [4.78, 5) is 10.6. The van der Waals surface area contributed by atoms with Crippen LogP contribution in [0.2, 0.25) is 0 Å². The van der Waals surface area contributed by atoms with Crippen molar-refractivity contribution in [2.45, 2.75) is 6.04 Å². The second-order valence-corrected chi connectivity index (χ2v) is 3.58. The number of carboxylic acid groups (broad SMARTS) is 1. The smallest absolute Gasteiger partial charge is 0.325 e. The molecule has 1 heterocycles. The molecule has 1 atom stereocenters. The Bertz CT molecular complexity index is 480. The van der Waals surface area contributed by atoms with Crippen LogP contribution in [0.15, 0.2) is 23.6 Å². The maximum absolute atomic E-state index is 10.6. The van der Waals surface area contributed by atoms with E-state index in [-0.39, 0.29) is 0 Å². The summed E-state index contributed by atoms with van der Waals surface area (Å²) in [5.41, 5.74) is 6.85. The van der Waals surface area contributed by atoms with Crippen molar-refractivity contribution in [3.05, 3.63) is 29.1 Å². The molecule has 0 fully saturated rings. The Balaban J connectivity index is 2.48. The lowest BCUT2D eigenvalue weighted by Crippen LogP contribution is -2.20. The standard InChI is InChI=1S/C9H8N2O2S/c10-8(9(12)13)5-1-2-6-4-14-11-7(6)3-5/h1-4,8H,10H2,(H,12,13).